The molecule has 15 nitrogen and oxygen atoms in total. The summed E-state index contributed by atoms with van der Waals surface area (Å²) in [6, 6.07) is 2.73. The van der Waals surface area contributed by atoms with Crippen molar-refractivity contribution in [2.24, 2.45) is 22.2 Å². The van der Waals surface area contributed by atoms with E-state index in [1.54, 1.807) is 30.3 Å². The number of guanidine groups is 1. The van der Waals surface area contributed by atoms with Crippen molar-refractivity contribution in [3.05, 3.63) is 35.9 Å². The maximum Gasteiger partial charge on any atom is 0.326 e. The molecule has 0 bridgehead atoms. The lowest BCUT2D eigenvalue weighted by Gasteiger charge is -2.23. The van der Waals surface area contributed by atoms with Crippen molar-refractivity contribution < 1.29 is 39.3 Å². The summed E-state index contributed by atoms with van der Waals surface area (Å²) in [4.78, 5) is 64.2. The average Bonchev–Trinajstić information content (AvgIpc) is 2.83. The molecule has 12 N–H and O–H groups in total. The van der Waals surface area contributed by atoms with Gasteiger partial charge in [-0.05, 0) is 18.4 Å². The van der Waals surface area contributed by atoms with Crippen LogP contribution in [0.3, 0.4) is 0 Å². The first-order valence-corrected chi connectivity index (χ1v) is 11.3. The molecule has 0 aromatic heterocycles. The fraction of sp³-hybridized carbons (Fsp3) is 0.455. The highest BCUT2D eigenvalue weighted by Gasteiger charge is 2.31. The second-order valence-corrected chi connectivity index (χ2v) is 8.05. The number of benzene rings is 1. The summed E-state index contributed by atoms with van der Waals surface area (Å²) >= 11 is 0. The van der Waals surface area contributed by atoms with Crippen molar-refractivity contribution >= 4 is 35.6 Å². The number of nitrogens with zero attached hydrogens (tertiary/aromatic N) is 1. The molecule has 4 atom stereocenters. The van der Waals surface area contributed by atoms with Crippen LogP contribution in [0, 0.1) is 0 Å². The van der Waals surface area contributed by atoms with Gasteiger partial charge in [-0.25, -0.2) is 4.79 Å². The molecule has 15 heteroatoms. The zero-order valence-electron chi connectivity index (χ0n) is 20.0. The highest BCUT2D eigenvalue weighted by atomic mass is 16.4. The Kier molecular flexibility index (Phi) is 13.1. The number of aliphatic carboxylic acids is 2. The second-order valence-electron chi connectivity index (χ2n) is 8.05. The summed E-state index contributed by atoms with van der Waals surface area (Å²) < 4.78 is 0. The quantitative estimate of drug-likeness (QED) is 0.0585. The van der Waals surface area contributed by atoms with Gasteiger partial charge in [0.25, 0.3) is 0 Å². The van der Waals surface area contributed by atoms with Crippen LogP contribution in [-0.4, -0.2) is 88.3 Å². The van der Waals surface area contributed by atoms with E-state index < -0.39 is 66.9 Å². The lowest BCUT2D eigenvalue weighted by Crippen LogP contribution is -2.58. The number of hydrogen-bond acceptors (Lipinski definition) is 8. The van der Waals surface area contributed by atoms with Gasteiger partial charge in [-0.15, -0.1) is 0 Å². The third-order valence-corrected chi connectivity index (χ3v) is 5.03. The highest BCUT2D eigenvalue weighted by molar-refractivity contribution is 5.95. The molecule has 0 fully saturated rings. The lowest BCUT2D eigenvalue weighted by atomic mass is 10.1. The summed E-state index contributed by atoms with van der Waals surface area (Å²) in [6.07, 6.45) is -0.441. The third kappa shape index (κ3) is 11.8. The topological polar surface area (TPSA) is 273 Å². The first-order valence-electron chi connectivity index (χ1n) is 11.3. The Hall–Kier alpha value is -4.24. The fourth-order valence-corrected chi connectivity index (χ4v) is 3.10. The second kappa shape index (κ2) is 15.7. The summed E-state index contributed by atoms with van der Waals surface area (Å²) in [5, 5.41) is 34.8. The summed E-state index contributed by atoms with van der Waals surface area (Å²) in [5.41, 5.74) is 16.8. The van der Waals surface area contributed by atoms with E-state index in [1.165, 1.54) is 0 Å². The summed E-state index contributed by atoms with van der Waals surface area (Å²) in [7, 11) is 0. The molecular formula is C22H33N7O8. The van der Waals surface area contributed by atoms with E-state index in [9.17, 15) is 34.2 Å². The molecule has 0 spiro atoms. The zero-order chi connectivity index (χ0) is 28.0. The van der Waals surface area contributed by atoms with Crippen LogP contribution in [-0.2, 0) is 30.4 Å². The number of carbonyl (C=O) groups excluding carboxylic acids is 3. The summed E-state index contributed by atoms with van der Waals surface area (Å²) in [6.45, 7) is -0.718. The van der Waals surface area contributed by atoms with Gasteiger partial charge in [-0.2, -0.15) is 0 Å². The van der Waals surface area contributed by atoms with Crippen LogP contribution < -0.4 is 33.2 Å². The van der Waals surface area contributed by atoms with Gasteiger partial charge in [0.1, 0.15) is 18.1 Å². The van der Waals surface area contributed by atoms with Crippen LogP contribution in [0.5, 0.6) is 0 Å². The number of nitrogens with one attached hydrogen (secondary N) is 3. The number of rotatable bonds is 16. The molecule has 37 heavy (non-hydrogen) atoms. The molecular weight excluding hydrogens is 490 g/mol. The van der Waals surface area contributed by atoms with Crippen molar-refractivity contribution in [1.29, 1.82) is 0 Å². The van der Waals surface area contributed by atoms with E-state index in [2.05, 4.69) is 20.9 Å². The van der Waals surface area contributed by atoms with Gasteiger partial charge >= 0.3 is 11.9 Å². The molecule has 0 saturated heterocycles. The number of amides is 3. The van der Waals surface area contributed by atoms with Gasteiger partial charge in [0.2, 0.25) is 17.7 Å². The number of aliphatic imine (C=N–C) groups is 1. The Morgan fingerprint density at radius 2 is 1.43 bits per heavy atom. The van der Waals surface area contributed by atoms with Gasteiger partial charge in [0.05, 0.1) is 19.1 Å². The van der Waals surface area contributed by atoms with Gasteiger partial charge < -0.3 is 48.5 Å². The number of hydrogen-bond donors (Lipinski definition) is 9. The first-order chi connectivity index (χ1) is 17.4. The SMILES string of the molecule is NC(N)=NCCCC(N)C(=O)NC(CC(=O)O)C(=O)NC(CO)C(=O)NC(Cc1ccccc1)C(=O)O. The summed E-state index contributed by atoms with van der Waals surface area (Å²) in [5.74, 6) is -5.84. The molecule has 1 rings (SSSR count). The molecule has 0 aliphatic rings. The smallest absolute Gasteiger partial charge is 0.326 e. The minimum Gasteiger partial charge on any atom is -0.481 e. The molecule has 4 unspecified atom stereocenters. The lowest BCUT2D eigenvalue weighted by molar-refractivity contribution is -0.143. The van der Waals surface area contributed by atoms with Crippen LogP contribution in [0.2, 0.25) is 0 Å². The van der Waals surface area contributed by atoms with E-state index in [0.29, 0.717) is 12.0 Å². The molecule has 0 heterocycles. The predicted octanol–water partition coefficient (Wildman–Crippen LogP) is -3.38. The van der Waals surface area contributed by atoms with Gasteiger partial charge in [0.15, 0.2) is 5.96 Å². The maximum atomic E-state index is 12.7. The van der Waals surface area contributed by atoms with Crippen LogP contribution >= 0.6 is 0 Å². The molecule has 3 amide bonds. The number of carboxylic acid groups (broad SMARTS) is 2. The average molecular weight is 524 g/mol. The van der Waals surface area contributed by atoms with Crippen LogP contribution in [0.1, 0.15) is 24.8 Å². The molecule has 0 aliphatic heterocycles. The highest BCUT2D eigenvalue weighted by Crippen LogP contribution is 2.05. The van der Waals surface area contributed by atoms with Gasteiger partial charge in [-0.3, -0.25) is 24.2 Å². The van der Waals surface area contributed by atoms with Crippen molar-refractivity contribution in [2.75, 3.05) is 13.2 Å². The van der Waals surface area contributed by atoms with E-state index in [-0.39, 0.29) is 25.3 Å². The Bertz CT molecular complexity index is 969. The molecule has 204 valence electrons. The van der Waals surface area contributed by atoms with E-state index >= 15 is 0 Å². The van der Waals surface area contributed by atoms with Gasteiger partial charge in [0, 0.05) is 13.0 Å². The largest absolute Gasteiger partial charge is 0.481 e. The Morgan fingerprint density at radius 1 is 0.865 bits per heavy atom. The van der Waals surface area contributed by atoms with Crippen LogP contribution in [0.25, 0.3) is 0 Å². The molecule has 1 aromatic carbocycles. The number of carbonyl (C=O) groups is 5. The van der Waals surface area contributed by atoms with Crippen molar-refractivity contribution in [3.63, 3.8) is 0 Å². The minimum absolute atomic E-state index is 0.0627. The fourth-order valence-electron chi connectivity index (χ4n) is 3.10. The maximum absolute atomic E-state index is 12.7. The Balaban J connectivity index is 2.81. The zero-order valence-corrected chi connectivity index (χ0v) is 20.0. The predicted molar refractivity (Wildman–Crippen MR) is 131 cm³/mol. The third-order valence-electron chi connectivity index (χ3n) is 5.03. The minimum atomic E-state index is -1.63. The number of aliphatic hydroxyl groups is 1. The van der Waals surface area contributed by atoms with E-state index in [1.807, 2.05) is 0 Å². The van der Waals surface area contributed by atoms with Crippen LogP contribution in [0.4, 0.5) is 0 Å². The molecule has 0 saturated carbocycles. The van der Waals surface area contributed by atoms with Crippen LogP contribution in [0.15, 0.2) is 35.3 Å². The number of aliphatic hydroxyl groups excluding tert-OH is 1. The van der Waals surface area contributed by atoms with E-state index in [4.69, 9.17) is 22.3 Å². The Labute approximate surface area is 212 Å². The van der Waals surface area contributed by atoms with E-state index in [0.717, 1.165) is 0 Å². The molecule has 1 aromatic rings. The monoisotopic (exact) mass is 523 g/mol. The normalized spacial score (nSPS) is 13.8. The van der Waals surface area contributed by atoms with Gasteiger partial charge in [-0.1, -0.05) is 30.3 Å². The Morgan fingerprint density at radius 3 is 1.97 bits per heavy atom. The van der Waals surface area contributed by atoms with Crippen molar-refractivity contribution in [2.45, 2.75) is 49.9 Å². The first kappa shape index (κ1) is 30.8. The molecule has 0 aliphatic carbocycles. The van der Waals surface area contributed by atoms with Crippen molar-refractivity contribution in [1.82, 2.24) is 16.0 Å². The number of nitrogens with two attached hydrogens (primary N) is 3. The van der Waals surface area contributed by atoms with Crippen molar-refractivity contribution in [3.8, 4) is 0 Å². The number of carboxylic acids is 2. The molecule has 0 radical (unpaired) electrons. The standard InChI is InChI=1S/C22H33N7O8/c23-13(7-4-8-26-22(24)25)18(33)27-14(10-17(31)32)19(34)29-16(11-30)20(35)28-15(21(36)37)9-12-5-2-1-3-6-12/h1-3,5-6,13-16,30H,4,7-11,23H2,(H,27,33)(H,28,35)(H,29,34)(H,31,32)(H,36,37)(H4,24,25,26).